The lowest BCUT2D eigenvalue weighted by Gasteiger charge is -2.14. The normalized spacial score (nSPS) is 11.2. The lowest BCUT2D eigenvalue weighted by Crippen LogP contribution is -2.30. The zero-order valence-corrected chi connectivity index (χ0v) is 14.9. The van der Waals surface area contributed by atoms with E-state index in [-0.39, 0.29) is 16.9 Å². The number of benzene rings is 2. The number of nitro groups is 1. The molecule has 0 saturated carbocycles. The summed E-state index contributed by atoms with van der Waals surface area (Å²) in [6.07, 6.45) is -1.19. The predicted octanol–water partition coefficient (Wildman–Crippen LogP) is 2.80. The summed E-state index contributed by atoms with van der Waals surface area (Å²) in [6, 6.07) is 10.1. The number of amides is 1. The van der Waals surface area contributed by atoms with Gasteiger partial charge >= 0.3 is 5.97 Å². The van der Waals surface area contributed by atoms with Gasteiger partial charge in [-0.3, -0.25) is 14.9 Å². The number of para-hydroxylation sites is 2. The number of nitro benzene ring substituents is 1. The second kappa shape index (κ2) is 8.65. The number of carbonyl (C=O) groups excluding carboxylic acids is 2. The summed E-state index contributed by atoms with van der Waals surface area (Å²) in [7, 11) is 2.87. The first-order valence-electron chi connectivity index (χ1n) is 7.84. The van der Waals surface area contributed by atoms with Crippen molar-refractivity contribution in [3.05, 3.63) is 58.1 Å². The Labute approximate surface area is 155 Å². The Morgan fingerprint density at radius 1 is 1.07 bits per heavy atom. The monoisotopic (exact) mass is 374 g/mol. The van der Waals surface area contributed by atoms with Crippen LogP contribution in [-0.4, -0.2) is 37.1 Å². The average Bonchev–Trinajstić information content (AvgIpc) is 2.67. The number of hydrogen-bond donors (Lipinski definition) is 1. The Bertz CT molecular complexity index is 844. The van der Waals surface area contributed by atoms with Gasteiger partial charge in [0.15, 0.2) is 6.10 Å². The molecular weight excluding hydrogens is 356 g/mol. The summed E-state index contributed by atoms with van der Waals surface area (Å²) >= 11 is 0. The highest BCUT2D eigenvalue weighted by Gasteiger charge is 2.22. The van der Waals surface area contributed by atoms with Gasteiger partial charge in [0.05, 0.1) is 24.7 Å². The van der Waals surface area contributed by atoms with Crippen LogP contribution in [0.5, 0.6) is 11.5 Å². The summed E-state index contributed by atoms with van der Waals surface area (Å²) < 4.78 is 15.3. The average molecular weight is 374 g/mol. The first-order chi connectivity index (χ1) is 12.8. The number of hydrogen-bond acceptors (Lipinski definition) is 7. The molecule has 142 valence electrons. The van der Waals surface area contributed by atoms with E-state index >= 15 is 0 Å². The molecule has 27 heavy (non-hydrogen) atoms. The summed E-state index contributed by atoms with van der Waals surface area (Å²) in [5, 5.41) is 13.4. The zero-order valence-electron chi connectivity index (χ0n) is 14.9. The van der Waals surface area contributed by atoms with E-state index in [0.29, 0.717) is 11.5 Å². The number of esters is 1. The number of nitrogens with one attached hydrogen (secondary N) is 1. The van der Waals surface area contributed by atoms with Crippen molar-refractivity contribution >= 4 is 23.3 Å². The van der Waals surface area contributed by atoms with Crippen molar-refractivity contribution in [1.29, 1.82) is 0 Å². The number of carbonyl (C=O) groups is 2. The molecule has 1 amide bonds. The molecule has 0 unspecified atom stereocenters. The van der Waals surface area contributed by atoms with E-state index in [4.69, 9.17) is 14.2 Å². The van der Waals surface area contributed by atoms with Crippen molar-refractivity contribution in [2.24, 2.45) is 0 Å². The first kappa shape index (κ1) is 19.7. The smallest absolute Gasteiger partial charge is 0.339 e. The van der Waals surface area contributed by atoms with Crippen LogP contribution in [0.2, 0.25) is 0 Å². The molecule has 0 heterocycles. The topological polar surface area (TPSA) is 117 Å². The Kier molecular flexibility index (Phi) is 6.32. The van der Waals surface area contributed by atoms with E-state index in [1.165, 1.54) is 51.5 Å². The second-order valence-electron chi connectivity index (χ2n) is 5.41. The minimum atomic E-state index is -1.19. The standard InChI is InChI=1S/C18H18N2O7/c1-11(17(21)19-15-6-4-5-7-16(15)20(23)24)27-18(22)12-8-13(25-2)10-14(9-12)26-3/h4-11H,1-3H3,(H,19,21)/t11-/m0/s1. The molecule has 0 spiro atoms. The highest BCUT2D eigenvalue weighted by Crippen LogP contribution is 2.25. The van der Waals surface area contributed by atoms with E-state index in [1.54, 1.807) is 12.1 Å². The maximum Gasteiger partial charge on any atom is 0.339 e. The third kappa shape index (κ3) is 4.94. The van der Waals surface area contributed by atoms with Crippen LogP contribution in [0.25, 0.3) is 0 Å². The van der Waals surface area contributed by atoms with Crippen LogP contribution < -0.4 is 14.8 Å². The first-order valence-corrected chi connectivity index (χ1v) is 7.84. The predicted molar refractivity (Wildman–Crippen MR) is 96.1 cm³/mol. The van der Waals surface area contributed by atoms with Gasteiger partial charge < -0.3 is 19.5 Å². The molecule has 0 aliphatic heterocycles. The van der Waals surface area contributed by atoms with Crippen molar-refractivity contribution in [1.82, 2.24) is 0 Å². The minimum Gasteiger partial charge on any atom is -0.497 e. The van der Waals surface area contributed by atoms with Gasteiger partial charge in [0, 0.05) is 12.1 Å². The van der Waals surface area contributed by atoms with Crippen LogP contribution >= 0.6 is 0 Å². The van der Waals surface area contributed by atoms with Gasteiger partial charge in [0.25, 0.3) is 11.6 Å². The van der Waals surface area contributed by atoms with Gasteiger partial charge in [-0.2, -0.15) is 0 Å². The molecule has 9 nitrogen and oxygen atoms in total. The molecular formula is C18H18N2O7. The van der Waals surface area contributed by atoms with Gasteiger partial charge in [0.1, 0.15) is 17.2 Å². The molecule has 2 rings (SSSR count). The molecule has 2 aromatic rings. The maximum absolute atomic E-state index is 12.3. The Morgan fingerprint density at radius 3 is 2.22 bits per heavy atom. The largest absolute Gasteiger partial charge is 0.497 e. The molecule has 9 heteroatoms. The highest BCUT2D eigenvalue weighted by molar-refractivity contribution is 5.98. The molecule has 1 atom stereocenters. The SMILES string of the molecule is COc1cc(OC)cc(C(=O)O[C@@H](C)C(=O)Nc2ccccc2[N+](=O)[O-])c1. The molecule has 0 aliphatic carbocycles. The highest BCUT2D eigenvalue weighted by atomic mass is 16.6. The van der Waals surface area contributed by atoms with Gasteiger partial charge in [-0.05, 0) is 25.1 Å². The molecule has 2 aromatic carbocycles. The Morgan fingerprint density at radius 2 is 1.67 bits per heavy atom. The molecule has 0 radical (unpaired) electrons. The van der Waals surface area contributed by atoms with Crippen molar-refractivity contribution in [3.63, 3.8) is 0 Å². The fourth-order valence-electron chi connectivity index (χ4n) is 2.18. The Hall–Kier alpha value is -3.62. The van der Waals surface area contributed by atoms with E-state index in [0.717, 1.165) is 0 Å². The fraction of sp³-hybridized carbons (Fsp3) is 0.222. The van der Waals surface area contributed by atoms with E-state index < -0.39 is 22.9 Å². The van der Waals surface area contributed by atoms with Gasteiger partial charge in [-0.1, -0.05) is 12.1 Å². The second-order valence-corrected chi connectivity index (χ2v) is 5.41. The lowest BCUT2D eigenvalue weighted by atomic mass is 10.2. The number of anilines is 1. The molecule has 0 aliphatic rings. The van der Waals surface area contributed by atoms with Crippen LogP contribution in [-0.2, 0) is 9.53 Å². The van der Waals surface area contributed by atoms with Gasteiger partial charge in [-0.15, -0.1) is 0 Å². The minimum absolute atomic E-state index is 0.0125. The van der Waals surface area contributed by atoms with E-state index in [2.05, 4.69) is 5.32 Å². The van der Waals surface area contributed by atoms with Gasteiger partial charge in [0.2, 0.25) is 0 Å². The van der Waals surface area contributed by atoms with Crippen molar-refractivity contribution < 1.29 is 28.7 Å². The molecule has 0 aromatic heterocycles. The number of methoxy groups -OCH3 is 2. The van der Waals surface area contributed by atoms with Crippen molar-refractivity contribution in [2.75, 3.05) is 19.5 Å². The number of ether oxygens (including phenoxy) is 3. The fourth-order valence-corrected chi connectivity index (χ4v) is 2.18. The summed E-state index contributed by atoms with van der Waals surface area (Å²) in [5.74, 6) is -0.693. The van der Waals surface area contributed by atoms with Crippen LogP contribution in [0.1, 0.15) is 17.3 Å². The third-order valence-corrected chi connectivity index (χ3v) is 3.60. The summed E-state index contributed by atoms with van der Waals surface area (Å²) in [5.41, 5.74) is -0.114. The molecule has 0 bridgehead atoms. The van der Waals surface area contributed by atoms with E-state index in [1.807, 2.05) is 0 Å². The van der Waals surface area contributed by atoms with Crippen molar-refractivity contribution in [3.8, 4) is 11.5 Å². The zero-order chi connectivity index (χ0) is 20.0. The number of nitrogens with zero attached hydrogens (tertiary/aromatic N) is 1. The summed E-state index contributed by atoms with van der Waals surface area (Å²) in [6.45, 7) is 1.36. The molecule has 1 N–H and O–H groups in total. The van der Waals surface area contributed by atoms with E-state index in [9.17, 15) is 19.7 Å². The number of rotatable bonds is 7. The van der Waals surface area contributed by atoms with Crippen LogP contribution in [0.3, 0.4) is 0 Å². The molecule has 0 fully saturated rings. The third-order valence-electron chi connectivity index (χ3n) is 3.60. The molecule has 0 saturated heterocycles. The maximum atomic E-state index is 12.3. The van der Waals surface area contributed by atoms with Crippen molar-refractivity contribution in [2.45, 2.75) is 13.0 Å². The lowest BCUT2D eigenvalue weighted by molar-refractivity contribution is -0.383. The van der Waals surface area contributed by atoms with Crippen LogP contribution in [0.15, 0.2) is 42.5 Å². The van der Waals surface area contributed by atoms with Crippen LogP contribution in [0.4, 0.5) is 11.4 Å². The van der Waals surface area contributed by atoms with Crippen LogP contribution in [0, 0.1) is 10.1 Å². The Balaban J connectivity index is 2.10. The summed E-state index contributed by atoms with van der Waals surface area (Å²) in [4.78, 5) is 34.9. The quantitative estimate of drug-likeness (QED) is 0.450. The van der Waals surface area contributed by atoms with Gasteiger partial charge in [-0.25, -0.2) is 4.79 Å².